The Hall–Kier alpha value is -0.550. The van der Waals surface area contributed by atoms with E-state index in [4.69, 9.17) is 0 Å². The second-order valence-corrected chi connectivity index (χ2v) is 3.43. The van der Waals surface area contributed by atoms with E-state index in [1.54, 1.807) is 22.8 Å². The van der Waals surface area contributed by atoms with Crippen LogP contribution in [0.2, 0.25) is 0 Å². The number of hydrogen-bond donors (Lipinski definition) is 1. The highest BCUT2D eigenvalue weighted by molar-refractivity contribution is 7.99. The molecule has 1 N–H and O–H groups in total. The molecule has 0 spiro atoms. The van der Waals surface area contributed by atoms with Gasteiger partial charge in [-0.25, -0.2) is 9.67 Å². The Kier molecular flexibility index (Phi) is 4.10. The topological polar surface area (TPSA) is 42.7 Å². The maximum atomic E-state index is 4.10. The standard InChI is InChI=1S/C7H14N4S/c1-3-8-4-5-12-7-9-6-10-11(7)2/h6,8H,3-5H2,1-2H3. The molecule has 68 valence electrons. The molecule has 0 aromatic carbocycles. The second kappa shape index (κ2) is 5.16. The minimum Gasteiger partial charge on any atom is -0.316 e. The molecular weight excluding hydrogens is 172 g/mol. The van der Waals surface area contributed by atoms with Crippen molar-refractivity contribution in [2.24, 2.45) is 7.05 Å². The van der Waals surface area contributed by atoms with Crippen LogP contribution in [0, 0.1) is 0 Å². The maximum Gasteiger partial charge on any atom is 0.185 e. The number of nitrogens with one attached hydrogen (secondary N) is 1. The maximum absolute atomic E-state index is 4.10. The Morgan fingerprint density at radius 2 is 2.50 bits per heavy atom. The van der Waals surface area contributed by atoms with Crippen molar-refractivity contribution in [2.45, 2.75) is 12.1 Å². The number of nitrogens with zero attached hydrogens (tertiary/aromatic N) is 3. The van der Waals surface area contributed by atoms with Gasteiger partial charge in [0.1, 0.15) is 6.33 Å². The Balaban J connectivity index is 2.20. The van der Waals surface area contributed by atoms with E-state index in [0.29, 0.717) is 0 Å². The largest absolute Gasteiger partial charge is 0.316 e. The van der Waals surface area contributed by atoms with Crippen molar-refractivity contribution in [3.63, 3.8) is 0 Å². The zero-order valence-electron chi connectivity index (χ0n) is 7.45. The molecule has 0 saturated heterocycles. The first-order valence-corrected chi connectivity index (χ1v) is 5.00. The van der Waals surface area contributed by atoms with Crippen LogP contribution in [0.1, 0.15) is 6.92 Å². The van der Waals surface area contributed by atoms with Gasteiger partial charge in [-0.15, -0.1) is 0 Å². The van der Waals surface area contributed by atoms with Crippen LogP contribution in [-0.4, -0.2) is 33.6 Å². The van der Waals surface area contributed by atoms with Crippen molar-refractivity contribution in [3.8, 4) is 0 Å². The summed E-state index contributed by atoms with van der Waals surface area (Å²) in [5.74, 6) is 1.04. The molecule has 4 nitrogen and oxygen atoms in total. The first kappa shape index (κ1) is 9.54. The van der Waals surface area contributed by atoms with Gasteiger partial charge in [-0.05, 0) is 6.54 Å². The van der Waals surface area contributed by atoms with Crippen LogP contribution in [0.3, 0.4) is 0 Å². The second-order valence-electron chi connectivity index (χ2n) is 2.37. The molecule has 5 heteroatoms. The van der Waals surface area contributed by atoms with Crippen molar-refractivity contribution in [1.82, 2.24) is 20.1 Å². The normalized spacial score (nSPS) is 10.5. The lowest BCUT2D eigenvalue weighted by Gasteiger charge is -2.00. The van der Waals surface area contributed by atoms with Crippen molar-refractivity contribution in [2.75, 3.05) is 18.8 Å². The summed E-state index contributed by atoms with van der Waals surface area (Å²) in [7, 11) is 1.91. The molecule has 0 radical (unpaired) electrons. The highest BCUT2D eigenvalue weighted by Gasteiger charge is 1.98. The SMILES string of the molecule is CCNCCSc1ncnn1C. The van der Waals surface area contributed by atoms with E-state index in [0.717, 1.165) is 24.0 Å². The van der Waals surface area contributed by atoms with E-state index < -0.39 is 0 Å². The van der Waals surface area contributed by atoms with Crippen molar-refractivity contribution < 1.29 is 0 Å². The van der Waals surface area contributed by atoms with Gasteiger partial charge in [-0.3, -0.25) is 0 Å². The molecule has 12 heavy (non-hydrogen) atoms. The predicted octanol–water partition coefficient (Wildman–Crippen LogP) is 0.517. The van der Waals surface area contributed by atoms with Crippen LogP contribution in [0.25, 0.3) is 0 Å². The lowest BCUT2D eigenvalue weighted by molar-refractivity contribution is 0.683. The molecule has 0 saturated carbocycles. The monoisotopic (exact) mass is 186 g/mol. The Morgan fingerprint density at radius 1 is 1.67 bits per heavy atom. The summed E-state index contributed by atoms with van der Waals surface area (Å²) in [6.45, 7) is 4.15. The van der Waals surface area contributed by atoms with Gasteiger partial charge in [0, 0.05) is 19.3 Å². The smallest absolute Gasteiger partial charge is 0.185 e. The van der Waals surface area contributed by atoms with E-state index in [9.17, 15) is 0 Å². The van der Waals surface area contributed by atoms with E-state index in [1.807, 2.05) is 7.05 Å². The molecule has 0 aliphatic carbocycles. The molecule has 0 aliphatic rings. The van der Waals surface area contributed by atoms with Gasteiger partial charge >= 0.3 is 0 Å². The van der Waals surface area contributed by atoms with Crippen LogP contribution in [0.15, 0.2) is 11.5 Å². The minimum atomic E-state index is 0.980. The number of aromatic nitrogens is 3. The molecule has 1 rings (SSSR count). The minimum absolute atomic E-state index is 0.980. The summed E-state index contributed by atoms with van der Waals surface area (Å²) in [5.41, 5.74) is 0. The summed E-state index contributed by atoms with van der Waals surface area (Å²) in [6.07, 6.45) is 1.58. The first-order valence-electron chi connectivity index (χ1n) is 4.02. The quantitative estimate of drug-likeness (QED) is 0.537. The molecule has 0 amide bonds. The van der Waals surface area contributed by atoms with Crippen molar-refractivity contribution in [1.29, 1.82) is 0 Å². The average Bonchev–Trinajstić information content (AvgIpc) is 2.46. The molecule has 1 heterocycles. The first-order chi connectivity index (χ1) is 5.84. The van der Waals surface area contributed by atoms with Crippen LogP contribution < -0.4 is 5.32 Å². The number of rotatable bonds is 5. The van der Waals surface area contributed by atoms with E-state index >= 15 is 0 Å². The van der Waals surface area contributed by atoms with Gasteiger partial charge in [0.15, 0.2) is 5.16 Å². The van der Waals surface area contributed by atoms with Gasteiger partial charge in [0.2, 0.25) is 0 Å². The summed E-state index contributed by atoms with van der Waals surface area (Å²) >= 11 is 1.72. The van der Waals surface area contributed by atoms with Gasteiger partial charge in [-0.2, -0.15) is 5.10 Å². The van der Waals surface area contributed by atoms with Gasteiger partial charge in [-0.1, -0.05) is 18.7 Å². The van der Waals surface area contributed by atoms with Crippen molar-refractivity contribution >= 4 is 11.8 Å². The fourth-order valence-electron chi connectivity index (χ4n) is 0.808. The highest BCUT2D eigenvalue weighted by atomic mass is 32.2. The number of aryl methyl sites for hydroxylation is 1. The summed E-state index contributed by atoms with van der Waals surface area (Å²) in [5, 5.41) is 8.21. The summed E-state index contributed by atoms with van der Waals surface area (Å²) in [4.78, 5) is 4.10. The van der Waals surface area contributed by atoms with Crippen LogP contribution in [0.4, 0.5) is 0 Å². The van der Waals surface area contributed by atoms with Gasteiger partial charge in [0.05, 0.1) is 0 Å². The fraction of sp³-hybridized carbons (Fsp3) is 0.714. The van der Waals surface area contributed by atoms with Crippen molar-refractivity contribution in [3.05, 3.63) is 6.33 Å². The van der Waals surface area contributed by atoms with E-state index in [2.05, 4.69) is 22.3 Å². The molecule has 0 atom stereocenters. The molecule has 0 bridgehead atoms. The van der Waals surface area contributed by atoms with Crippen LogP contribution in [-0.2, 0) is 7.05 Å². The summed E-state index contributed by atoms with van der Waals surface area (Å²) < 4.78 is 1.79. The Morgan fingerprint density at radius 3 is 3.08 bits per heavy atom. The lowest BCUT2D eigenvalue weighted by atomic mass is 10.7. The van der Waals surface area contributed by atoms with E-state index in [-0.39, 0.29) is 0 Å². The fourth-order valence-corrected chi connectivity index (χ4v) is 1.59. The zero-order chi connectivity index (χ0) is 8.81. The Labute approximate surface area is 76.8 Å². The van der Waals surface area contributed by atoms with Gasteiger partial charge < -0.3 is 5.32 Å². The molecule has 1 aromatic rings. The number of hydrogen-bond acceptors (Lipinski definition) is 4. The summed E-state index contributed by atoms with van der Waals surface area (Å²) in [6, 6.07) is 0. The van der Waals surface area contributed by atoms with E-state index in [1.165, 1.54) is 0 Å². The predicted molar refractivity (Wildman–Crippen MR) is 50.3 cm³/mol. The Bertz CT molecular complexity index is 223. The highest BCUT2D eigenvalue weighted by Crippen LogP contribution is 2.11. The lowest BCUT2D eigenvalue weighted by Crippen LogP contribution is -2.16. The van der Waals surface area contributed by atoms with Gasteiger partial charge in [0.25, 0.3) is 0 Å². The van der Waals surface area contributed by atoms with Crippen LogP contribution >= 0.6 is 11.8 Å². The molecule has 0 unspecified atom stereocenters. The third-order valence-electron chi connectivity index (χ3n) is 1.43. The number of thioether (sulfide) groups is 1. The average molecular weight is 186 g/mol. The molecule has 0 fully saturated rings. The third-order valence-corrected chi connectivity index (χ3v) is 2.47. The molecular formula is C7H14N4S. The van der Waals surface area contributed by atoms with Crippen LogP contribution in [0.5, 0.6) is 0 Å². The third kappa shape index (κ3) is 2.83. The molecule has 0 aliphatic heterocycles. The zero-order valence-corrected chi connectivity index (χ0v) is 8.27. The molecule has 1 aromatic heterocycles.